The SMILES string of the molecule is Cc1nc(CN2Cc3cccc(N)c3C2)no1. The molecule has 3 rings (SSSR count). The van der Waals surface area contributed by atoms with Crippen LogP contribution in [0.2, 0.25) is 0 Å². The van der Waals surface area contributed by atoms with E-state index in [4.69, 9.17) is 10.3 Å². The summed E-state index contributed by atoms with van der Waals surface area (Å²) in [4.78, 5) is 6.46. The van der Waals surface area contributed by atoms with Crippen molar-refractivity contribution in [3.63, 3.8) is 0 Å². The number of anilines is 1. The molecule has 2 heterocycles. The number of nitrogens with two attached hydrogens (primary N) is 1. The molecule has 5 heteroatoms. The third-order valence-corrected chi connectivity index (χ3v) is 3.02. The number of fused-ring (bicyclic) bond motifs is 1. The lowest BCUT2D eigenvalue weighted by Gasteiger charge is -2.11. The lowest BCUT2D eigenvalue weighted by Crippen LogP contribution is -2.16. The van der Waals surface area contributed by atoms with E-state index in [1.165, 1.54) is 11.1 Å². The van der Waals surface area contributed by atoms with E-state index < -0.39 is 0 Å². The molecule has 2 N–H and O–H groups in total. The van der Waals surface area contributed by atoms with Crippen molar-refractivity contribution in [3.8, 4) is 0 Å². The second kappa shape index (κ2) is 3.85. The topological polar surface area (TPSA) is 68.2 Å². The van der Waals surface area contributed by atoms with Crippen LogP contribution in [0.5, 0.6) is 0 Å². The Labute approximate surface area is 99.2 Å². The average Bonchev–Trinajstić information content (AvgIpc) is 2.86. The highest BCUT2D eigenvalue weighted by Gasteiger charge is 2.21. The second-order valence-electron chi connectivity index (χ2n) is 4.36. The van der Waals surface area contributed by atoms with Gasteiger partial charge < -0.3 is 10.3 Å². The van der Waals surface area contributed by atoms with Gasteiger partial charge in [0, 0.05) is 25.7 Å². The van der Waals surface area contributed by atoms with Crippen molar-refractivity contribution in [3.05, 3.63) is 41.0 Å². The van der Waals surface area contributed by atoms with Crippen LogP contribution in [0.4, 0.5) is 5.69 Å². The smallest absolute Gasteiger partial charge is 0.223 e. The minimum atomic E-state index is 0.608. The zero-order chi connectivity index (χ0) is 11.8. The number of hydrogen-bond donors (Lipinski definition) is 1. The molecule has 0 radical (unpaired) electrons. The lowest BCUT2D eigenvalue weighted by molar-refractivity contribution is 0.262. The Morgan fingerprint density at radius 2 is 2.29 bits per heavy atom. The highest BCUT2D eigenvalue weighted by molar-refractivity contribution is 5.52. The van der Waals surface area contributed by atoms with Crippen molar-refractivity contribution in [1.82, 2.24) is 15.0 Å². The van der Waals surface area contributed by atoms with Gasteiger partial charge in [-0.1, -0.05) is 17.3 Å². The van der Waals surface area contributed by atoms with Crippen LogP contribution >= 0.6 is 0 Å². The summed E-state index contributed by atoms with van der Waals surface area (Å²) >= 11 is 0. The fraction of sp³-hybridized carbons (Fsp3) is 0.333. The molecule has 0 bridgehead atoms. The molecule has 5 nitrogen and oxygen atoms in total. The number of aryl methyl sites for hydroxylation is 1. The third kappa shape index (κ3) is 1.89. The average molecular weight is 230 g/mol. The van der Waals surface area contributed by atoms with Gasteiger partial charge >= 0.3 is 0 Å². The van der Waals surface area contributed by atoms with Crippen LogP contribution in [-0.4, -0.2) is 15.0 Å². The molecule has 0 amide bonds. The van der Waals surface area contributed by atoms with E-state index in [1.54, 1.807) is 6.92 Å². The lowest BCUT2D eigenvalue weighted by atomic mass is 10.1. The maximum atomic E-state index is 5.96. The van der Waals surface area contributed by atoms with Gasteiger partial charge in [0.05, 0.1) is 6.54 Å². The van der Waals surface area contributed by atoms with Gasteiger partial charge in [-0.15, -0.1) is 0 Å². The van der Waals surface area contributed by atoms with Crippen LogP contribution in [0.15, 0.2) is 22.7 Å². The van der Waals surface area contributed by atoms with E-state index in [2.05, 4.69) is 21.1 Å². The summed E-state index contributed by atoms with van der Waals surface area (Å²) in [6.07, 6.45) is 0. The van der Waals surface area contributed by atoms with Crippen LogP contribution in [0.1, 0.15) is 22.8 Å². The Balaban J connectivity index is 1.76. The first-order valence-corrected chi connectivity index (χ1v) is 5.60. The van der Waals surface area contributed by atoms with Crippen molar-refractivity contribution in [2.45, 2.75) is 26.6 Å². The van der Waals surface area contributed by atoms with E-state index in [0.717, 1.165) is 24.6 Å². The standard InChI is InChI=1S/C12H14N4O/c1-8-14-12(15-17-8)7-16-5-9-3-2-4-11(13)10(9)6-16/h2-4H,5-7,13H2,1H3. The van der Waals surface area contributed by atoms with Crippen molar-refractivity contribution in [2.24, 2.45) is 0 Å². The number of nitrogen functional groups attached to an aromatic ring is 1. The van der Waals surface area contributed by atoms with E-state index >= 15 is 0 Å². The summed E-state index contributed by atoms with van der Waals surface area (Å²) < 4.78 is 4.96. The van der Waals surface area contributed by atoms with Crippen molar-refractivity contribution in [2.75, 3.05) is 5.73 Å². The molecule has 0 fully saturated rings. The first kappa shape index (κ1) is 10.3. The molecule has 2 aromatic rings. The maximum absolute atomic E-state index is 5.96. The monoisotopic (exact) mass is 230 g/mol. The normalized spacial score (nSPS) is 15.1. The van der Waals surface area contributed by atoms with Crippen molar-refractivity contribution < 1.29 is 4.52 Å². The predicted molar refractivity (Wildman–Crippen MR) is 62.8 cm³/mol. The molecule has 88 valence electrons. The summed E-state index contributed by atoms with van der Waals surface area (Å²) in [7, 11) is 0. The van der Waals surface area contributed by atoms with Gasteiger partial charge in [-0.05, 0) is 17.2 Å². The van der Waals surface area contributed by atoms with Crippen LogP contribution in [0, 0.1) is 6.92 Å². The third-order valence-electron chi connectivity index (χ3n) is 3.02. The van der Waals surface area contributed by atoms with Crippen LogP contribution in [0.3, 0.4) is 0 Å². The number of benzene rings is 1. The molecule has 0 saturated heterocycles. The predicted octanol–water partition coefficient (Wildman–Crippen LogP) is 1.48. The fourth-order valence-corrected chi connectivity index (χ4v) is 2.23. The summed E-state index contributed by atoms with van der Waals surface area (Å²) in [6.45, 7) is 4.25. The summed E-state index contributed by atoms with van der Waals surface area (Å²) in [5.41, 5.74) is 9.35. The minimum absolute atomic E-state index is 0.608. The van der Waals surface area contributed by atoms with E-state index in [-0.39, 0.29) is 0 Å². The Morgan fingerprint density at radius 3 is 3.00 bits per heavy atom. The first-order chi connectivity index (χ1) is 8.22. The van der Waals surface area contributed by atoms with Crippen molar-refractivity contribution >= 4 is 5.69 Å². The molecule has 0 spiro atoms. The highest BCUT2D eigenvalue weighted by atomic mass is 16.5. The molecular weight excluding hydrogens is 216 g/mol. The molecule has 17 heavy (non-hydrogen) atoms. The molecule has 1 aromatic heterocycles. The maximum Gasteiger partial charge on any atom is 0.223 e. The molecule has 1 aliphatic rings. The van der Waals surface area contributed by atoms with Gasteiger partial charge in [-0.25, -0.2) is 0 Å². The Morgan fingerprint density at radius 1 is 1.41 bits per heavy atom. The Kier molecular flexibility index (Phi) is 2.33. The van der Waals surface area contributed by atoms with Gasteiger partial charge in [-0.2, -0.15) is 4.98 Å². The highest BCUT2D eigenvalue weighted by Crippen LogP contribution is 2.28. The molecule has 1 aromatic carbocycles. The zero-order valence-electron chi connectivity index (χ0n) is 9.68. The van der Waals surface area contributed by atoms with Gasteiger partial charge in [-0.3, -0.25) is 4.90 Å². The molecule has 0 atom stereocenters. The van der Waals surface area contributed by atoms with Crippen LogP contribution in [0.25, 0.3) is 0 Å². The summed E-state index contributed by atoms with van der Waals surface area (Å²) in [5.74, 6) is 1.34. The van der Waals surface area contributed by atoms with Gasteiger partial charge in [0.25, 0.3) is 0 Å². The molecule has 1 aliphatic heterocycles. The van der Waals surface area contributed by atoms with E-state index in [0.29, 0.717) is 12.4 Å². The minimum Gasteiger partial charge on any atom is -0.398 e. The fourth-order valence-electron chi connectivity index (χ4n) is 2.23. The second-order valence-corrected chi connectivity index (χ2v) is 4.36. The number of rotatable bonds is 2. The van der Waals surface area contributed by atoms with Crippen LogP contribution < -0.4 is 5.73 Å². The zero-order valence-corrected chi connectivity index (χ0v) is 9.68. The number of nitrogens with zero attached hydrogens (tertiary/aromatic N) is 3. The van der Waals surface area contributed by atoms with Crippen molar-refractivity contribution in [1.29, 1.82) is 0 Å². The molecule has 0 aliphatic carbocycles. The number of aromatic nitrogens is 2. The van der Waals surface area contributed by atoms with Crippen LogP contribution in [-0.2, 0) is 19.6 Å². The van der Waals surface area contributed by atoms with Gasteiger partial charge in [0.2, 0.25) is 5.89 Å². The largest absolute Gasteiger partial charge is 0.398 e. The Hall–Kier alpha value is -1.88. The summed E-state index contributed by atoms with van der Waals surface area (Å²) in [5, 5.41) is 3.91. The first-order valence-electron chi connectivity index (χ1n) is 5.60. The van der Waals surface area contributed by atoms with E-state index in [1.807, 2.05) is 12.1 Å². The van der Waals surface area contributed by atoms with Gasteiger partial charge in [0.15, 0.2) is 5.82 Å². The Bertz CT molecular complexity index is 549. The molecule has 0 saturated carbocycles. The quantitative estimate of drug-likeness (QED) is 0.791. The molecule has 0 unspecified atom stereocenters. The molecular formula is C12H14N4O. The van der Waals surface area contributed by atoms with E-state index in [9.17, 15) is 0 Å². The summed E-state index contributed by atoms with van der Waals surface area (Å²) in [6, 6.07) is 6.06. The number of hydrogen-bond acceptors (Lipinski definition) is 5. The van der Waals surface area contributed by atoms with Gasteiger partial charge in [0.1, 0.15) is 0 Å².